The van der Waals surface area contributed by atoms with Crippen LogP contribution < -0.4 is 15.5 Å². The zero-order chi connectivity index (χ0) is 17.8. The number of likely N-dealkylation sites (N-methyl/N-ethyl adjacent to an activating group) is 1. The zero-order valence-electron chi connectivity index (χ0n) is 15.5. The van der Waals surface area contributed by atoms with Gasteiger partial charge in [0.25, 0.3) is 0 Å². The number of aliphatic imine (C=N–C) groups is 1. The van der Waals surface area contributed by atoms with Gasteiger partial charge in [0.2, 0.25) is 0 Å². The maximum atomic E-state index is 6.12. The summed E-state index contributed by atoms with van der Waals surface area (Å²) in [6.45, 7) is 2.96. The number of hydrogen-bond acceptors (Lipinski definition) is 3. The van der Waals surface area contributed by atoms with Gasteiger partial charge in [0, 0.05) is 49.5 Å². The first-order valence-electron chi connectivity index (χ1n) is 9.21. The molecule has 5 nitrogen and oxygen atoms in total. The monoisotopic (exact) mass is 363 g/mol. The van der Waals surface area contributed by atoms with Gasteiger partial charge in [-0.05, 0) is 57.5 Å². The van der Waals surface area contributed by atoms with Crippen molar-refractivity contribution in [2.75, 3.05) is 45.7 Å². The molecule has 1 aromatic carbocycles. The van der Waals surface area contributed by atoms with Crippen molar-refractivity contribution in [2.24, 2.45) is 10.9 Å². The molecule has 6 heteroatoms. The predicted octanol–water partition coefficient (Wildman–Crippen LogP) is 2.42. The van der Waals surface area contributed by atoms with Crippen LogP contribution in [0.2, 0.25) is 5.02 Å². The van der Waals surface area contributed by atoms with Crippen LogP contribution in [-0.4, -0.2) is 63.7 Å². The Bertz CT molecular complexity index is 597. The molecule has 2 aliphatic rings. The van der Waals surface area contributed by atoms with Gasteiger partial charge in [0.05, 0.1) is 0 Å². The number of rotatable bonds is 6. The second-order valence-corrected chi connectivity index (χ2v) is 7.81. The van der Waals surface area contributed by atoms with E-state index < -0.39 is 0 Å². The van der Waals surface area contributed by atoms with Gasteiger partial charge < -0.3 is 20.4 Å². The Labute approximate surface area is 156 Å². The third-order valence-electron chi connectivity index (χ3n) is 5.23. The highest BCUT2D eigenvalue weighted by Crippen LogP contribution is 2.34. The van der Waals surface area contributed by atoms with Crippen LogP contribution in [0.25, 0.3) is 0 Å². The predicted molar refractivity (Wildman–Crippen MR) is 107 cm³/mol. The normalized spacial score (nSPS) is 22.4. The molecule has 0 spiro atoms. The van der Waals surface area contributed by atoms with Crippen LogP contribution in [0.1, 0.15) is 19.3 Å². The minimum Gasteiger partial charge on any atom is -0.369 e. The van der Waals surface area contributed by atoms with Gasteiger partial charge in [-0.1, -0.05) is 17.7 Å². The lowest BCUT2D eigenvalue weighted by Gasteiger charge is -2.26. The molecule has 1 aromatic rings. The van der Waals surface area contributed by atoms with Crippen LogP contribution in [0.4, 0.5) is 5.69 Å². The van der Waals surface area contributed by atoms with Crippen molar-refractivity contribution in [3.63, 3.8) is 0 Å². The third-order valence-corrected chi connectivity index (χ3v) is 5.47. The second kappa shape index (κ2) is 8.28. The Morgan fingerprint density at radius 2 is 2.16 bits per heavy atom. The van der Waals surface area contributed by atoms with Crippen molar-refractivity contribution < 1.29 is 0 Å². The fourth-order valence-corrected chi connectivity index (χ4v) is 3.81. The molecule has 138 valence electrons. The van der Waals surface area contributed by atoms with Crippen LogP contribution in [0.3, 0.4) is 0 Å². The highest BCUT2D eigenvalue weighted by Gasteiger charge is 2.32. The van der Waals surface area contributed by atoms with Gasteiger partial charge in [-0.25, -0.2) is 0 Å². The average molecular weight is 364 g/mol. The van der Waals surface area contributed by atoms with E-state index in [4.69, 9.17) is 11.6 Å². The first-order valence-corrected chi connectivity index (χ1v) is 9.58. The van der Waals surface area contributed by atoms with Crippen molar-refractivity contribution >= 4 is 23.2 Å². The largest absolute Gasteiger partial charge is 0.369 e. The molecule has 0 bridgehead atoms. The lowest BCUT2D eigenvalue weighted by Crippen LogP contribution is -2.49. The Balaban J connectivity index is 1.49. The van der Waals surface area contributed by atoms with Gasteiger partial charge in [0.15, 0.2) is 5.96 Å². The van der Waals surface area contributed by atoms with E-state index in [2.05, 4.69) is 45.6 Å². The van der Waals surface area contributed by atoms with Crippen molar-refractivity contribution in [3.8, 4) is 0 Å². The highest BCUT2D eigenvalue weighted by molar-refractivity contribution is 6.30. The highest BCUT2D eigenvalue weighted by atomic mass is 35.5. The Morgan fingerprint density at radius 1 is 1.36 bits per heavy atom. The molecule has 1 saturated carbocycles. The van der Waals surface area contributed by atoms with E-state index in [1.165, 1.54) is 18.5 Å². The molecule has 1 aliphatic carbocycles. The molecule has 2 atom stereocenters. The summed E-state index contributed by atoms with van der Waals surface area (Å²) >= 11 is 6.12. The van der Waals surface area contributed by atoms with Crippen molar-refractivity contribution in [1.82, 2.24) is 15.5 Å². The van der Waals surface area contributed by atoms with Gasteiger partial charge in [-0.3, -0.25) is 4.99 Å². The number of nitrogens with one attached hydrogen (secondary N) is 2. The van der Waals surface area contributed by atoms with E-state index in [1.807, 2.05) is 25.2 Å². The Hall–Kier alpha value is -1.46. The fourth-order valence-electron chi connectivity index (χ4n) is 3.63. The lowest BCUT2D eigenvalue weighted by atomic mass is 10.1. The van der Waals surface area contributed by atoms with E-state index in [0.29, 0.717) is 12.1 Å². The molecule has 2 fully saturated rings. The minimum atomic E-state index is 0.406. The van der Waals surface area contributed by atoms with Crippen molar-refractivity contribution in [3.05, 3.63) is 29.3 Å². The quantitative estimate of drug-likeness (QED) is 0.601. The molecule has 1 heterocycles. The number of nitrogens with zero attached hydrogens (tertiary/aromatic N) is 3. The van der Waals surface area contributed by atoms with Gasteiger partial charge in [0.1, 0.15) is 0 Å². The second-order valence-electron chi connectivity index (χ2n) is 7.38. The molecule has 1 saturated heterocycles. The Kier molecular flexibility index (Phi) is 6.07. The molecule has 2 N–H and O–H groups in total. The van der Waals surface area contributed by atoms with Crippen LogP contribution in [0.15, 0.2) is 29.3 Å². The third kappa shape index (κ3) is 5.02. The maximum absolute atomic E-state index is 6.12. The first-order chi connectivity index (χ1) is 12.1. The summed E-state index contributed by atoms with van der Waals surface area (Å²) in [5.74, 6) is 1.75. The summed E-state index contributed by atoms with van der Waals surface area (Å²) in [7, 11) is 6.18. The number of hydrogen-bond donors (Lipinski definition) is 2. The summed E-state index contributed by atoms with van der Waals surface area (Å²) in [5, 5.41) is 7.89. The molecule has 0 radical (unpaired) electrons. The van der Waals surface area contributed by atoms with E-state index in [9.17, 15) is 0 Å². The molecular formula is C19H30ClN5. The molecule has 25 heavy (non-hydrogen) atoms. The van der Waals surface area contributed by atoms with Gasteiger partial charge in [-0.15, -0.1) is 0 Å². The summed E-state index contributed by atoms with van der Waals surface area (Å²) in [6.07, 6.45) is 3.81. The van der Waals surface area contributed by atoms with Crippen LogP contribution in [-0.2, 0) is 0 Å². The van der Waals surface area contributed by atoms with E-state index in [0.717, 1.165) is 43.0 Å². The average Bonchev–Trinajstić information content (AvgIpc) is 3.31. The van der Waals surface area contributed by atoms with Crippen LogP contribution in [0.5, 0.6) is 0 Å². The summed E-state index contributed by atoms with van der Waals surface area (Å²) in [5.41, 5.74) is 1.20. The SMILES string of the molecule is CN=C(NCC(C1CC1)N(C)C)NC1CCN(c2cccc(Cl)c2)C1. The summed E-state index contributed by atoms with van der Waals surface area (Å²) in [6, 6.07) is 9.09. The first kappa shape index (κ1) is 18.3. The summed E-state index contributed by atoms with van der Waals surface area (Å²) < 4.78 is 0. The molecule has 0 aromatic heterocycles. The van der Waals surface area contributed by atoms with E-state index in [-0.39, 0.29) is 0 Å². The molecule has 3 rings (SSSR count). The Morgan fingerprint density at radius 3 is 2.80 bits per heavy atom. The van der Waals surface area contributed by atoms with Crippen molar-refractivity contribution in [1.29, 1.82) is 0 Å². The maximum Gasteiger partial charge on any atom is 0.191 e. The van der Waals surface area contributed by atoms with Crippen LogP contribution >= 0.6 is 11.6 Å². The zero-order valence-corrected chi connectivity index (χ0v) is 16.3. The molecule has 2 unspecified atom stereocenters. The minimum absolute atomic E-state index is 0.406. The van der Waals surface area contributed by atoms with Crippen LogP contribution in [0, 0.1) is 5.92 Å². The van der Waals surface area contributed by atoms with Gasteiger partial charge in [-0.2, -0.15) is 0 Å². The van der Waals surface area contributed by atoms with Crippen molar-refractivity contribution in [2.45, 2.75) is 31.3 Å². The van der Waals surface area contributed by atoms with E-state index >= 15 is 0 Å². The molecule has 1 aliphatic heterocycles. The molecule has 0 amide bonds. The smallest absolute Gasteiger partial charge is 0.191 e. The number of halogens is 1. The van der Waals surface area contributed by atoms with Gasteiger partial charge >= 0.3 is 0 Å². The fraction of sp³-hybridized carbons (Fsp3) is 0.632. The summed E-state index contributed by atoms with van der Waals surface area (Å²) in [4.78, 5) is 9.12. The lowest BCUT2D eigenvalue weighted by molar-refractivity contribution is 0.264. The molecular weight excluding hydrogens is 334 g/mol. The number of anilines is 1. The topological polar surface area (TPSA) is 42.9 Å². The number of benzene rings is 1. The van der Waals surface area contributed by atoms with E-state index in [1.54, 1.807) is 0 Å². The standard InChI is InChI=1S/C19H30ClN5/c1-21-19(22-12-18(24(2)3)14-7-8-14)23-16-9-10-25(13-16)17-6-4-5-15(20)11-17/h4-6,11,14,16,18H,7-10,12-13H2,1-3H3,(H2,21,22,23). The number of guanidine groups is 1.